The smallest absolute Gasteiger partial charge is 0.345 e. The van der Waals surface area contributed by atoms with E-state index < -0.39 is 5.54 Å². The number of nitrogens with one attached hydrogen (secondary N) is 2. The Morgan fingerprint density at radius 1 is 1.12 bits per heavy atom. The molecule has 0 radical (unpaired) electrons. The molecule has 3 aromatic rings. The van der Waals surface area contributed by atoms with E-state index in [0.29, 0.717) is 5.35 Å². The minimum Gasteiger partial charge on any atom is -0.363 e. The monoisotopic (exact) mass is 315 g/mol. The summed E-state index contributed by atoms with van der Waals surface area (Å²) in [4.78, 5) is 26.4. The van der Waals surface area contributed by atoms with E-state index in [0.717, 1.165) is 33.4 Å². The minimum absolute atomic E-state index is 0.386. The molecule has 2 aliphatic rings. The number of benzene rings is 1. The number of nitrogens with zero attached hydrogens (tertiary/aromatic N) is 2. The molecule has 0 bridgehead atoms. The van der Waals surface area contributed by atoms with E-state index in [1.165, 1.54) is 0 Å². The number of rotatable bonds is 1. The number of aliphatic imine (C=N–C) groups is 1. The van der Waals surface area contributed by atoms with Crippen molar-refractivity contribution < 1.29 is 0 Å². The van der Waals surface area contributed by atoms with Crippen LogP contribution in [0.1, 0.15) is 11.3 Å². The Bertz CT molecular complexity index is 1190. The molecule has 1 unspecified atom stereocenters. The van der Waals surface area contributed by atoms with Crippen LogP contribution in [0.5, 0.6) is 0 Å². The molecule has 0 fully saturated rings. The van der Waals surface area contributed by atoms with E-state index in [4.69, 9.17) is 10.7 Å². The van der Waals surface area contributed by atoms with Crippen LogP contribution in [0.2, 0.25) is 0 Å². The Hall–Kier alpha value is -3.25. The summed E-state index contributed by atoms with van der Waals surface area (Å²) in [5, 5.41) is 1.50. The van der Waals surface area contributed by atoms with E-state index in [1.807, 2.05) is 48.7 Å². The molecule has 0 amide bonds. The Kier molecular flexibility index (Phi) is 2.42. The highest BCUT2D eigenvalue weighted by atomic mass is 16.1. The van der Waals surface area contributed by atoms with Gasteiger partial charge >= 0.3 is 5.69 Å². The van der Waals surface area contributed by atoms with Crippen LogP contribution in [0, 0.1) is 0 Å². The van der Waals surface area contributed by atoms with Gasteiger partial charge in [0.15, 0.2) is 0 Å². The second kappa shape index (κ2) is 4.39. The Morgan fingerprint density at radius 2 is 2.00 bits per heavy atom. The van der Waals surface area contributed by atoms with Gasteiger partial charge in [-0.1, -0.05) is 18.2 Å². The van der Waals surface area contributed by atoms with Gasteiger partial charge in [0.1, 0.15) is 5.54 Å². The molecule has 2 aromatic heterocycles. The standard InChI is InChI=1S/C18H13N5O/c19-18(13-6-3-7-20-13)8-10-9-21-17(24)23-15(10)14-11-4-1-2-5-12(11)22-16(14)18/h1-9,20H,19H2,(H,23,24). The average Bonchev–Trinajstić information content (AvgIpc) is 3.24. The molecule has 1 aromatic carbocycles. The summed E-state index contributed by atoms with van der Waals surface area (Å²) in [6, 6.07) is 11.7. The van der Waals surface area contributed by atoms with Gasteiger partial charge in [0.05, 0.1) is 16.7 Å². The number of hydrogen-bond acceptors (Lipinski definition) is 4. The van der Waals surface area contributed by atoms with Gasteiger partial charge in [-0.05, 0) is 24.3 Å². The summed E-state index contributed by atoms with van der Waals surface area (Å²) in [7, 11) is 0. The fourth-order valence-electron chi connectivity index (χ4n) is 3.47. The molecule has 6 nitrogen and oxygen atoms in total. The van der Waals surface area contributed by atoms with Crippen molar-refractivity contribution in [2.45, 2.75) is 5.54 Å². The molecule has 4 N–H and O–H groups in total. The van der Waals surface area contributed by atoms with Crippen molar-refractivity contribution in [3.63, 3.8) is 0 Å². The first kappa shape index (κ1) is 13.2. The Morgan fingerprint density at radius 3 is 2.83 bits per heavy atom. The molecule has 24 heavy (non-hydrogen) atoms. The lowest BCUT2D eigenvalue weighted by molar-refractivity contribution is 0.774. The highest BCUT2D eigenvalue weighted by Gasteiger charge is 2.41. The molecule has 1 aliphatic heterocycles. The summed E-state index contributed by atoms with van der Waals surface area (Å²) in [6.07, 6.45) is 5.29. The third kappa shape index (κ3) is 1.60. The molecule has 116 valence electrons. The predicted molar refractivity (Wildman–Crippen MR) is 91.3 cm³/mol. The van der Waals surface area contributed by atoms with Gasteiger partial charge in [-0.25, -0.2) is 14.8 Å². The summed E-state index contributed by atoms with van der Waals surface area (Å²) in [5.74, 6) is 0. The molecule has 0 spiro atoms. The van der Waals surface area contributed by atoms with Crippen LogP contribution < -0.4 is 22.0 Å². The van der Waals surface area contributed by atoms with Crippen LogP contribution in [0.15, 0.2) is 58.6 Å². The van der Waals surface area contributed by atoms with Crippen molar-refractivity contribution in [1.82, 2.24) is 15.0 Å². The van der Waals surface area contributed by atoms with Crippen LogP contribution in [0.3, 0.4) is 0 Å². The van der Waals surface area contributed by atoms with Gasteiger partial charge in [0, 0.05) is 34.4 Å². The van der Waals surface area contributed by atoms with Crippen LogP contribution in [0.4, 0.5) is 5.69 Å². The van der Waals surface area contributed by atoms with E-state index in [-0.39, 0.29) is 5.69 Å². The number of nitrogens with two attached hydrogens (primary N) is 1. The van der Waals surface area contributed by atoms with Crippen molar-refractivity contribution in [2.75, 3.05) is 0 Å². The van der Waals surface area contributed by atoms with E-state index in [9.17, 15) is 4.79 Å². The van der Waals surface area contributed by atoms with Gasteiger partial charge in [0.25, 0.3) is 0 Å². The lowest BCUT2D eigenvalue weighted by Crippen LogP contribution is -2.53. The quantitative estimate of drug-likeness (QED) is 0.591. The van der Waals surface area contributed by atoms with E-state index in [1.54, 1.807) is 6.20 Å². The van der Waals surface area contributed by atoms with Crippen LogP contribution >= 0.6 is 0 Å². The Labute approximate surface area is 136 Å². The summed E-state index contributed by atoms with van der Waals surface area (Å²) in [5.41, 5.74) is 9.72. The number of aromatic nitrogens is 3. The van der Waals surface area contributed by atoms with Crippen molar-refractivity contribution in [3.8, 4) is 0 Å². The third-order valence-corrected chi connectivity index (χ3v) is 4.55. The first-order valence-electron chi connectivity index (χ1n) is 7.61. The van der Waals surface area contributed by atoms with Gasteiger partial charge in [-0.3, -0.25) is 0 Å². The maximum absolute atomic E-state index is 11.8. The van der Waals surface area contributed by atoms with Crippen LogP contribution in [0.25, 0.3) is 11.6 Å². The number of aromatic amines is 2. The maximum atomic E-state index is 11.8. The molecule has 0 saturated heterocycles. The minimum atomic E-state index is -0.912. The van der Waals surface area contributed by atoms with Crippen molar-refractivity contribution >= 4 is 23.0 Å². The second-order valence-corrected chi connectivity index (χ2v) is 5.97. The maximum Gasteiger partial charge on any atom is 0.345 e. The van der Waals surface area contributed by atoms with Gasteiger partial charge in [0.2, 0.25) is 0 Å². The molecular weight excluding hydrogens is 302 g/mol. The number of hydrogen-bond donors (Lipinski definition) is 3. The van der Waals surface area contributed by atoms with Crippen molar-refractivity contribution in [3.05, 3.63) is 81.1 Å². The third-order valence-electron chi connectivity index (χ3n) is 4.55. The number of para-hydroxylation sites is 1. The fourth-order valence-corrected chi connectivity index (χ4v) is 3.47. The number of H-pyrrole nitrogens is 2. The molecule has 0 saturated carbocycles. The van der Waals surface area contributed by atoms with Crippen molar-refractivity contribution in [2.24, 2.45) is 10.7 Å². The van der Waals surface area contributed by atoms with Crippen molar-refractivity contribution in [1.29, 1.82) is 0 Å². The molecular formula is C18H13N5O. The zero-order valence-electron chi connectivity index (χ0n) is 12.6. The zero-order valence-corrected chi connectivity index (χ0v) is 12.6. The molecule has 5 rings (SSSR count). The summed E-state index contributed by atoms with van der Waals surface area (Å²) >= 11 is 0. The highest BCUT2D eigenvalue weighted by molar-refractivity contribution is 6.34. The molecule has 1 atom stereocenters. The predicted octanol–water partition coefficient (Wildman–Crippen LogP) is 0.0314. The SMILES string of the molecule is NC1(c2ccc[nH]2)C=c2cnc(=O)[nH]c2=C2C1=Nc1ccccc12. The van der Waals surface area contributed by atoms with E-state index >= 15 is 0 Å². The van der Waals surface area contributed by atoms with Crippen LogP contribution in [-0.2, 0) is 5.54 Å². The largest absolute Gasteiger partial charge is 0.363 e. The lowest BCUT2D eigenvalue weighted by atomic mass is 9.81. The Balaban J connectivity index is 1.98. The lowest BCUT2D eigenvalue weighted by Gasteiger charge is -2.29. The summed E-state index contributed by atoms with van der Waals surface area (Å²) < 4.78 is 0. The highest BCUT2D eigenvalue weighted by Crippen LogP contribution is 2.39. The molecule has 3 heterocycles. The average molecular weight is 315 g/mol. The zero-order chi connectivity index (χ0) is 16.3. The van der Waals surface area contributed by atoms with Gasteiger partial charge in [-0.15, -0.1) is 0 Å². The number of fused-ring (bicyclic) bond motifs is 4. The molecule has 6 heteroatoms. The topological polar surface area (TPSA) is 99.9 Å². The van der Waals surface area contributed by atoms with Gasteiger partial charge in [-0.2, -0.15) is 0 Å². The summed E-state index contributed by atoms with van der Waals surface area (Å²) in [6.45, 7) is 0. The van der Waals surface area contributed by atoms with Crippen LogP contribution in [-0.4, -0.2) is 20.7 Å². The second-order valence-electron chi connectivity index (χ2n) is 5.97. The van der Waals surface area contributed by atoms with E-state index in [2.05, 4.69) is 15.0 Å². The normalized spacial score (nSPS) is 20.7. The first-order valence-corrected chi connectivity index (χ1v) is 7.61. The first-order chi connectivity index (χ1) is 11.7. The molecule has 1 aliphatic carbocycles. The fraction of sp³-hybridized carbons (Fsp3) is 0.0556. The van der Waals surface area contributed by atoms with Gasteiger partial charge < -0.3 is 15.7 Å².